The van der Waals surface area contributed by atoms with Gasteiger partial charge in [0.05, 0.1) is 5.56 Å². The number of esters is 1. The second-order valence-corrected chi connectivity index (χ2v) is 6.76. The summed E-state index contributed by atoms with van der Waals surface area (Å²) in [6, 6.07) is 13.6. The molecule has 1 amide bonds. The van der Waals surface area contributed by atoms with Crippen molar-refractivity contribution in [1.82, 2.24) is 0 Å². The van der Waals surface area contributed by atoms with Crippen LogP contribution in [-0.2, 0) is 16.0 Å². The zero-order valence-corrected chi connectivity index (χ0v) is 15.1. The number of aryl methyl sites for hydroxylation is 2. The SMILES string of the molecule is Cc1ccc(C)c(C(=O)O[C@@H](C)C(=O)N2c3ccccc3C[C@@H]2C)c1. The van der Waals surface area contributed by atoms with Crippen LogP contribution in [0.5, 0.6) is 0 Å². The van der Waals surface area contributed by atoms with Crippen LogP contribution in [0.25, 0.3) is 0 Å². The molecule has 2 atom stereocenters. The Labute approximate surface area is 148 Å². The monoisotopic (exact) mass is 337 g/mol. The van der Waals surface area contributed by atoms with Crippen molar-refractivity contribution in [1.29, 1.82) is 0 Å². The normalized spacial score (nSPS) is 17.1. The summed E-state index contributed by atoms with van der Waals surface area (Å²) in [6.45, 7) is 7.44. The molecule has 0 saturated heterocycles. The van der Waals surface area contributed by atoms with Crippen LogP contribution in [0, 0.1) is 13.8 Å². The molecule has 0 unspecified atom stereocenters. The molecule has 130 valence electrons. The highest BCUT2D eigenvalue weighted by molar-refractivity contribution is 6.01. The van der Waals surface area contributed by atoms with E-state index < -0.39 is 12.1 Å². The van der Waals surface area contributed by atoms with Crippen molar-refractivity contribution in [2.24, 2.45) is 0 Å². The number of carbonyl (C=O) groups excluding carboxylic acids is 2. The van der Waals surface area contributed by atoms with E-state index in [9.17, 15) is 9.59 Å². The van der Waals surface area contributed by atoms with Crippen LogP contribution < -0.4 is 4.90 Å². The molecule has 0 aliphatic carbocycles. The molecule has 0 N–H and O–H groups in total. The molecule has 1 aliphatic heterocycles. The Hall–Kier alpha value is -2.62. The predicted octanol–water partition coefficient (Wildman–Crippen LogP) is 3.83. The van der Waals surface area contributed by atoms with Crippen molar-refractivity contribution in [3.8, 4) is 0 Å². The Morgan fingerprint density at radius 1 is 1.16 bits per heavy atom. The highest BCUT2D eigenvalue weighted by Gasteiger charge is 2.34. The van der Waals surface area contributed by atoms with E-state index in [0.29, 0.717) is 5.56 Å². The van der Waals surface area contributed by atoms with E-state index in [-0.39, 0.29) is 11.9 Å². The van der Waals surface area contributed by atoms with Crippen LogP contribution in [0.2, 0.25) is 0 Å². The number of benzene rings is 2. The van der Waals surface area contributed by atoms with E-state index in [1.54, 1.807) is 17.9 Å². The van der Waals surface area contributed by atoms with E-state index >= 15 is 0 Å². The van der Waals surface area contributed by atoms with Crippen LogP contribution >= 0.6 is 0 Å². The molecular formula is C21H23NO3. The molecule has 1 aliphatic rings. The molecule has 3 rings (SSSR count). The third-order valence-corrected chi connectivity index (χ3v) is 4.69. The maximum Gasteiger partial charge on any atom is 0.339 e. The highest BCUT2D eigenvalue weighted by atomic mass is 16.5. The van der Waals surface area contributed by atoms with Gasteiger partial charge in [0, 0.05) is 11.7 Å². The molecule has 2 aromatic carbocycles. The van der Waals surface area contributed by atoms with Crippen LogP contribution in [0.4, 0.5) is 5.69 Å². The summed E-state index contributed by atoms with van der Waals surface area (Å²) in [5, 5.41) is 0. The first-order valence-electron chi connectivity index (χ1n) is 8.57. The molecule has 0 radical (unpaired) electrons. The summed E-state index contributed by atoms with van der Waals surface area (Å²) >= 11 is 0. The van der Waals surface area contributed by atoms with Crippen LogP contribution in [0.3, 0.4) is 0 Å². The second kappa shape index (κ2) is 6.71. The van der Waals surface area contributed by atoms with E-state index in [0.717, 1.165) is 28.8 Å². The number of ether oxygens (including phenoxy) is 1. The maximum atomic E-state index is 12.9. The Kier molecular flexibility index (Phi) is 4.62. The summed E-state index contributed by atoms with van der Waals surface area (Å²) in [5.41, 5.74) is 4.40. The van der Waals surface area contributed by atoms with Crippen molar-refractivity contribution < 1.29 is 14.3 Å². The molecule has 25 heavy (non-hydrogen) atoms. The number of nitrogens with zero attached hydrogens (tertiary/aromatic N) is 1. The smallest absolute Gasteiger partial charge is 0.339 e. The average molecular weight is 337 g/mol. The highest BCUT2D eigenvalue weighted by Crippen LogP contribution is 2.32. The molecule has 1 heterocycles. The van der Waals surface area contributed by atoms with E-state index in [1.165, 1.54) is 0 Å². The fourth-order valence-electron chi connectivity index (χ4n) is 3.33. The Balaban J connectivity index is 1.77. The molecule has 0 spiro atoms. The lowest BCUT2D eigenvalue weighted by Gasteiger charge is -2.26. The van der Waals surface area contributed by atoms with Gasteiger partial charge in [0.15, 0.2) is 6.10 Å². The topological polar surface area (TPSA) is 46.6 Å². The average Bonchev–Trinajstić information content (AvgIpc) is 2.91. The lowest BCUT2D eigenvalue weighted by Crippen LogP contribution is -2.43. The molecule has 0 fully saturated rings. The first kappa shape index (κ1) is 17.2. The summed E-state index contributed by atoms with van der Waals surface area (Å²) in [5.74, 6) is -0.640. The Morgan fingerprint density at radius 2 is 1.88 bits per heavy atom. The van der Waals surface area contributed by atoms with Crippen molar-refractivity contribution in [2.45, 2.75) is 46.3 Å². The predicted molar refractivity (Wildman–Crippen MR) is 97.9 cm³/mol. The number of rotatable bonds is 3. The third kappa shape index (κ3) is 3.29. The van der Waals surface area contributed by atoms with Gasteiger partial charge in [-0.1, -0.05) is 35.9 Å². The number of hydrogen-bond donors (Lipinski definition) is 0. The van der Waals surface area contributed by atoms with Gasteiger partial charge in [-0.2, -0.15) is 0 Å². The van der Waals surface area contributed by atoms with Crippen molar-refractivity contribution in [2.75, 3.05) is 4.90 Å². The van der Waals surface area contributed by atoms with Gasteiger partial charge in [0.1, 0.15) is 0 Å². The van der Waals surface area contributed by atoms with Crippen molar-refractivity contribution >= 4 is 17.6 Å². The Bertz CT molecular complexity index is 828. The fraction of sp³-hybridized carbons (Fsp3) is 0.333. The summed E-state index contributed by atoms with van der Waals surface area (Å²) in [6.07, 6.45) is -0.0134. The van der Waals surface area contributed by atoms with Crippen LogP contribution in [0.15, 0.2) is 42.5 Å². The standard InChI is InChI=1S/C21H23NO3/c1-13-9-10-14(2)18(11-13)21(24)25-16(4)20(23)22-15(3)12-17-7-5-6-8-19(17)22/h5-11,15-16H,12H2,1-4H3/t15-,16-/m0/s1. The van der Waals surface area contributed by atoms with Gasteiger partial charge < -0.3 is 9.64 Å². The second-order valence-electron chi connectivity index (χ2n) is 6.76. The summed E-state index contributed by atoms with van der Waals surface area (Å²) in [4.78, 5) is 27.1. The van der Waals surface area contributed by atoms with Crippen molar-refractivity contribution in [3.05, 3.63) is 64.7 Å². The minimum atomic E-state index is -0.832. The van der Waals surface area contributed by atoms with E-state index in [1.807, 2.05) is 57.2 Å². The number of hydrogen-bond acceptors (Lipinski definition) is 3. The van der Waals surface area contributed by atoms with Gasteiger partial charge in [-0.3, -0.25) is 4.79 Å². The van der Waals surface area contributed by atoms with Gasteiger partial charge in [0.2, 0.25) is 0 Å². The number of fused-ring (bicyclic) bond motifs is 1. The maximum absolute atomic E-state index is 12.9. The fourth-order valence-corrected chi connectivity index (χ4v) is 3.33. The minimum absolute atomic E-state index is 0.0618. The van der Waals surface area contributed by atoms with Gasteiger partial charge in [-0.25, -0.2) is 4.79 Å². The van der Waals surface area contributed by atoms with E-state index in [4.69, 9.17) is 4.74 Å². The third-order valence-electron chi connectivity index (χ3n) is 4.69. The number of carbonyl (C=O) groups is 2. The lowest BCUT2D eigenvalue weighted by atomic mass is 10.1. The lowest BCUT2D eigenvalue weighted by molar-refractivity contribution is -0.126. The van der Waals surface area contributed by atoms with Gasteiger partial charge in [0.25, 0.3) is 5.91 Å². The quantitative estimate of drug-likeness (QED) is 0.800. The van der Waals surface area contributed by atoms with Gasteiger partial charge >= 0.3 is 5.97 Å². The summed E-state index contributed by atoms with van der Waals surface area (Å²) in [7, 11) is 0. The number of para-hydroxylation sites is 1. The largest absolute Gasteiger partial charge is 0.449 e. The van der Waals surface area contributed by atoms with Crippen molar-refractivity contribution in [3.63, 3.8) is 0 Å². The molecular weight excluding hydrogens is 314 g/mol. The Morgan fingerprint density at radius 3 is 2.64 bits per heavy atom. The molecule has 2 aromatic rings. The van der Waals surface area contributed by atoms with Crippen LogP contribution in [-0.4, -0.2) is 24.0 Å². The van der Waals surface area contributed by atoms with Gasteiger partial charge in [-0.15, -0.1) is 0 Å². The molecule has 0 aromatic heterocycles. The molecule has 0 bridgehead atoms. The van der Waals surface area contributed by atoms with Gasteiger partial charge in [-0.05, 0) is 57.4 Å². The first-order valence-corrected chi connectivity index (χ1v) is 8.57. The zero-order valence-electron chi connectivity index (χ0n) is 15.1. The molecule has 4 heteroatoms. The summed E-state index contributed by atoms with van der Waals surface area (Å²) < 4.78 is 5.48. The number of anilines is 1. The minimum Gasteiger partial charge on any atom is -0.449 e. The number of amides is 1. The molecule has 0 saturated carbocycles. The first-order chi connectivity index (χ1) is 11.9. The van der Waals surface area contributed by atoms with E-state index in [2.05, 4.69) is 0 Å². The molecule has 4 nitrogen and oxygen atoms in total. The van der Waals surface area contributed by atoms with Crippen LogP contribution in [0.1, 0.15) is 40.9 Å². The zero-order chi connectivity index (χ0) is 18.1.